The van der Waals surface area contributed by atoms with Gasteiger partial charge >= 0.3 is 6.18 Å². The molecular formula is C11H16F3N5. The molecule has 0 spiro atoms. The van der Waals surface area contributed by atoms with Crippen molar-refractivity contribution in [1.29, 1.82) is 0 Å². The molecule has 1 aliphatic heterocycles. The van der Waals surface area contributed by atoms with Crippen molar-refractivity contribution in [2.24, 2.45) is 0 Å². The summed E-state index contributed by atoms with van der Waals surface area (Å²) in [6, 6.07) is 1.69. The van der Waals surface area contributed by atoms with E-state index in [1.54, 1.807) is 4.90 Å². The largest absolute Gasteiger partial charge is 0.451 e. The number of nitrogens with zero attached hydrogens (tertiary/aromatic N) is 4. The zero-order chi connectivity index (χ0) is 14.2. The number of alkyl halides is 3. The summed E-state index contributed by atoms with van der Waals surface area (Å²) in [7, 11) is 3.90. The van der Waals surface area contributed by atoms with Crippen molar-refractivity contribution in [3.05, 3.63) is 11.9 Å². The number of nitrogens with two attached hydrogens (primary N) is 1. The van der Waals surface area contributed by atoms with Crippen LogP contribution in [-0.2, 0) is 6.18 Å². The summed E-state index contributed by atoms with van der Waals surface area (Å²) in [4.78, 5) is 10.7. The van der Waals surface area contributed by atoms with Crippen LogP contribution in [0.15, 0.2) is 6.07 Å². The molecule has 8 heteroatoms. The topological polar surface area (TPSA) is 58.3 Å². The molecule has 1 aromatic rings. The summed E-state index contributed by atoms with van der Waals surface area (Å²) < 4.78 is 37.9. The van der Waals surface area contributed by atoms with E-state index in [0.717, 1.165) is 6.42 Å². The highest BCUT2D eigenvalue weighted by molar-refractivity contribution is 5.48. The number of anilines is 2. The molecule has 2 rings (SSSR count). The summed E-state index contributed by atoms with van der Waals surface area (Å²) in [6.45, 7) is 1.30. The maximum atomic E-state index is 12.6. The second kappa shape index (κ2) is 4.84. The third-order valence-electron chi connectivity index (χ3n) is 3.20. The number of aromatic nitrogens is 2. The Morgan fingerprint density at radius 1 is 1.37 bits per heavy atom. The van der Waals surface area contributed by atoms with Crippen LogP contribution in [0, 0.1) is 0 Å². The normalized spacial score (nSPS) is 20.3. The van der Waals surface area contributed by atoms with E-state index in [1.165, 1.54) is 6.07 Å². The van der Waals surface area contributed by atoms with E-state index >= 15 is 0 Å². The lowest BCUT2D eigenvalue weighted by Gasteiger charge is -2.21. The van der Waals surface area contributed by atoms with Crippen LogP contribution < -0.4 is 10.6 Å². The Labute approximate surface area is 109 Å². The Morgan fingerprint density at radius 3 is 2.58 bits per heavy atom. The molecule has 1 saturated heterocycles. The summed E-state index contributed by atoms with van der Waals surface area (Å²) in [5.74, 6) is -1.11. The van der Waals surface area contributed by atoms with E-state index in [9.17, 15) is 13.2 Å². The zero-order valence-corrected chi connectivity index (χ0v) is 10.8. The van der Waals surface area contributed by atoms with Crippen molar-refractivity contribution >= 4 is 11.6 Å². The fourth-order valence-corrected chi connectivity index (χ4v) is 2.11. The second-order valence-electron chi connectivity index (χ2n) is 4.82. The van der Waals surface area contributed by atoms with Crippen LogP contribution in [-0.4, -0.2) is 48.1 Å². The number of hydrogen-bond donors (Lipinski definition) is 1. The van der Waals surface area contributed by atoms with E-state index in [1.807, 2.05) is 14.1 Å². The Bertz CT molecular complexity index is 460. The lowest BCUT2D eigenvalue weighted by Crippen LogP contribution is -2.32. The molecule has 0 saturated carbocycles. The molecule has 1 atom stereocenters. The minimum Gasteiger partial charge on any atom is -0.384 e. The van der Waals surface area contributed by atoms with Gasteiger partial charge in [-0.2, -0.15) is 13.2 Å². The van der Waals surface area contributed by atoms with Crippen molar-refractivity contribution in [3.8, 4) is 0 Å². The summed E-state index contributed by atoms with van der Waals surface area (Å²) >= 11 is 0. The van der Waals surface area contributed by atoms with E-state index in [-0.39, 0.29) is 11.6 Å². The van der Waals surface area contributed by atoms with Crippen LogP contribution in [0.3, 0.4) is 0 Å². The fourth-order valence-electron chi connectivity index (χ4n) is 2.11. The summed E-state index contributed by atoms with van der Waals surface area (Å²) in [6.07, 6.45) is -3.69. The Kier molecular flexibility index (Phi) is 3.53. The highest BCUT2D eigenvalue weighted by Crippen LogP contribution is 2.29. The van der Waals surface area contributed by atoms with Gasteiger partial charge in [-0.25, -0.2) is 9.97 Å². The van der Waals surface area contributed by atoms with Gasteiger partial charge in [-0.05, 0) is 20.5 Å². The Balaban J connectivity index is 2.24. The SMILES string of the molecule is CN(C)C1CCN(c2cc(N)nc(C(F)(F)F)n2)C1. The molecule has 2 heterocycles. The maximum Gasteiger partial charge on any atom is 0.451 e. The predicted octanol–water partition coefficient (Wildman–Crippen LogP) is 1.22. The van der Waals surface area contributed by atoms with Gasteiger partial charge in [-0.3, -0.25) is 0 Å². The molecule has 2 N–H and O–H groups in total. The van der Waals surface area contributed by atoms with Gasteiger partial charge in [-0.15, -0.1) is 0 Å². The van der Waals surface area contributed by atoms with Crippen LogP contribution in [0.5, 0.6) is 0 Å². The molecule has 1 unspecified atom stereocenters. The quantitative estimate of drug-likeness (QED) is 0.879. The van der Waals surface area contributed by atoms with E-state index in [0.29, 0.717) is 19.1 Å². The molecule has 5 nitrogen and oxygen atoms in total. The van der Waals surface area contributed by atoms with Crippen LogP contribution in [0.25, 0.3) is 0 Å². The van der Waals surface area contributed by atoms with Crippen LogP contribution in [0.1, 0.15) is 12.2 Å². The molecule has 19 heavy (non-hydrogen) atoms. The first-order chi connectivity index (χ1) is 8.77. The smallest absolute Gasteiger partial charge is 0.384 e. The highest BCUT2D eigenvalue weighted by atomic mass is 19.4. The van der Waals surface area contributed by atoms with Crippen molar-refractivity contribution in [2.45, 2.75) is 18.6 Å². The lowest BCUT2D eigenvalue weighted by atomic mass is 10.2. The number of rotatable bonds is 2. The molecule has 0 amide bonds. The number of nitrogen functional groups attached to an aromatic ring is 1. The number of hydrogen-bond acceptors (Lipinski definition) is 5. The summed E-state index contributed by atoms with van der Waals surface area (Å²) in [5.41, 5.74) is 5.43. The Morgan fingerprint density at radius 2 is 2.05 bits per heavy atom. The third-order valence-corrected chi connectivity index (χ3v) is 3.20. The fraction of sp³-hybridized carbons (Fsp3) is 0.636. The molecule has 106 valence electrons. The van der Waals surface area contributed by atoms with Crippen LogP contribution >= 0.6 is 0 Å². The minimum absolute atomic E-state index is 0.161. The Hall–Kier alpha value is -1.57. The molecule has 0 bridgehead atoms. The zero-order valence-electron chi connectivity index (χ0n) is 10.8. The molecule has 1 fully saturated rings. The highest BCUT2D eigenvalue weighted by Gasteiger charge is 2.36. The predicted molar refractivity (Wildman–Crippen MR) is 65.8 cm³/mol. The first-order valence-corrected chi connectivity index (χ1v) is 5.90. The second-order valence-corrected chi connectivity index (χ2v) is 4.82. The average Bonchev–Trinajstić information content (AvgIpc) is 2.76. The van der Waals surface area contributed by atoms with Gasteiger partial charge in [0.15, 0.2) is 0 Å². The van der Waals surface area contributed by atoms with Crippen molar-refractivity contribution in [2.75, 3.05) is 37.8 Å². The molecule has 1 aromatic heterocycles. The summed E-state index contributed by atoms with van der Waals surface area (Å²) in [5, 5.41) is 0. The lowest BCUT2D eigenvalue weighted by molar-refractivity contribution is -0.144. The van der Waals surface area contributed by atoms with Gasteiger partial charge in [0.2, 0.25) is 5.82 Å². The van der Waals surface area contributed by atoms with Gasteiger partial charge in [0.1, 0.15) is 11.6 Å². The molecular weight excluding hydrogens is 259 g/mol. The molecule has 0 aliphatic carbocycles. The van der Waals surface area contributed by atoms with Gasteiger partial charge in [0.05, 0.1) is 0 Å². The van der Waals surface area contributed by atoms with E-state index in [2.05, 4.69) is 14.9 Å². The molecule has 0 radical (unpaired) electrons. The van der Waals surface area contributed by atoms with E-state index < -0.39 is 12.0 Å². The number of likely N-dealkylation sites (N-methyl/N-ethyl adjacent to an activating group) is 1. The van der Waals surface area contributed by atoms with Crippen molar-refractivity contribution in [3.63, 3.8) is 0 Å². The van der Waals surface area contributed by atoms with Gasteiger partial charge < -0.3 is 15.5 Å². The standard InChI is InChI=1S/C11H16F3N5/c1-18(2)7-3-4-19(6-7)9-5-8(15)16-10(17-9)11(12,13)14/h5,7H,3-4,6H2,1-2H3,(H2,15,16,17). The maximum absolute atomic E-state index is 12.6. The first-order valence-electron chi connectivity index (χ1n) is 5.90. The van der Waals surface area contributed by atoms with Gasteiger partial charge in [0, 0.05) is 25.2 Å². The molecule has 1 aliphatic rings. The monoisotopic (exact) mass is 275 g/mol. The van der Waals surface area contributed by atoms with Crippen molar-refractivity contribution < 1.29 is 13.2 Å². The number of halogens is 3. The van der Waals surface area contributed by atoms with Gasteiger partial charge in [0.25, 0.3) is 0 Å². The average molecular weight is 275 g/mol. The van der Waals surface area contributed by atoms with Gasteiger partial charge in [-0.1, -0.05) is 0 Å². The third kappa shape index (κ3) is 3.06. The molecule has 0 aromatic carbocycles. The van der Waals surface area contributed by atoms with E-state index in [4.69, 9.17) is 5.73 Å². The van der Waals surface area contributed by atoms with Crippen LogP contribution in [0.2, 0.25) is 0 Å². The minimum atomic E-state index is -4.58. The van der Waals surface area contributed by atoms with Crippen LogP contribution in [0.4, 0.5) is 24.8 Å². The first kappa shape index (κ1) is 13.9. The van der Waals surface area contributed by atoms with Crippen molar-refractivity contribution in [1.82, 2.24) is 14.9 Å².